The van der Waals surface area contributed by atoms with Crippen LogP contribution >= 0.6 is 0 Å². The molecule has 5 nitrogen and oxygen atoms in total. The van der Waals surface area contributed by atoms with Gasteiger partial charge in [0.15, 0.2) is 0 Å². The third-order valence-corrected chi connectivity index (χ3v) is 6.42. The molecule has 1 saturated heterocycles. The maximum atomic E-state index is 10.6. The molecule has 33 heavy (non-hydrogen) atoms. The first-order valence-corrected chi connectivity index (χ1v) is 11.8. The number of rotatable bonds is 4. The van der Waals surface area contributed by atoms with Crippen molar-refractivity contribution in [1.29, 1.82) is 0 Å². The average Bonchev–Trinajstić information content (AvgIpc) is 3.02. The van der Waals surface area contributed by atoms with Gasteiger partial charge in [-0.25, -0.2) is 9.78 Å². The van der Waals surface area contributed by atoms with Crippen LogP contribution in [0.5, 0.6) is 0 Å². The maximum Gasteiger partial charge on any atom is 0.490 e. The van der Waals surface area contributed by atoms with E-state index < -0.39 is 12.1 Å². The Morgan fingerprint density at radius 2 is 1.76 bits per heavy atom. The topological polar surface area (TPSA) is 58.4 Å². The van der Waals surface area contributed by atoms with Crippen LogP contribution in [0.15, 0.2) is 30.5 Å². The Morgan fingerprint density at radius 1 is 1.09 bits per heavy atom. The van der Waals surface area contributed by atoms with Gasteiger partial charge in [-0.1, -0.05) is 51.0 Å². The first-order chi connectivity index (χ1) is 15.6. The maximum absolute atomic E-state index is 10.6. The number of carbonyl (C=O) groups is 1. The number of nitrogens with zero attached hydrogens (tertiary/aromatic N) is 3. The van der Waals surface area contributed by atoms with Crippen molar-refractivity contribution in [2.24, 2.45) is 0 Å². The second-order valence-electron chi connectivity index (χ2n) is 9.26. The van der Waals surface area contributed by atoms with Crippen molar-refractivity contribution < 1.29 is 23.1 Å². The summed E-state index contributed by atoms with van der Waals surface area (Å²) in [5.74, 6) is -0.840. The van der Waals surface area contributed by atoms with Gasteiger partial charge >= 0.3 is 12.1 Å². The summed E-state index contributed by atoms with van der Waals surface area (Å²) in [4.78, 5) is 16.6. The normalized spacial score (nSPS) is 19.4. The van der Waals surface area contributed by atoms with Crippen LogP contribution in [0.2, 0.25) is 0 Å². The Hall–Kier alpha value is -2.35. The third-order valence-electron chi connectivity index (χ3n) is 6.42. The largest absolute Gasteiger partial charge is 0.490 e. The van der Waals surface area contributed by atoms with E-state index in [9.17, 15) is 13.2 Å². The number of fused-ring (bicyclic) bond motifs is 1. The van der Waals surface area contributed by atoms with Gasteiger partial charge in [0.25, 0.3) is 0 Å². The van der Waals surface area contributed by atoms with Crippen LogP contribution in [0.4, 0.5) is 13.2 Å². The van der Waals surface area contributed by atoms with Crippen LogP contribution in [0.3, 0.4) is 0 Å². The molecule has 0 spiro atoms. The number of carboxylic acids is 1. The van der Waals surface area contributed by atoms with Gasteiger partial charge in [-0.2, -0.15) is 13.2 Å². The quantitative estimate of drug-likeness (QED) is 0.593. The zero-order valence-electron chi connectivity index (χ0n) is 19.4. The zero-order chi connectivity index (χ0) is 24.0. The molecule has 0 radical (unpaired) electrons. The second-order valence-corrected chi connectivity index (χ2v) is 9.26. The molecule has 1 aromatic carbocycles. The number of imidazole rings is 1. The Balaban J connectivity index is 0.000000383. The van der Waals surface area contributed by atoms with E-state index in [1.807, 2.05) is 0 Å². The number of piperidine rings is 1. The Labute approximate surface area is 193 Å². The van der Waals surface area contributed by atoms with Crippen LogP contribution in [-0.2, 0) is 24.3 Å². The summed E-state index contributed by atoms with van der Waals surface area (Å²) in [5, 5.41) is 7.12. The predicted molar refractivity (Wildman–Crippen MR) is 121 cm³/mol. The fraction of sp³-hybridized carbons (Fsp3) is 0.600. The smallest absolute Gasteiger partial charge is 0.475 e. The molecule has 3 heterocycles. The number of aliphatic carboxylic acids is 1. The summed E-state index contributed by atoms with van der Waals surface area (Å²) in [6, 6.07) is 9.92. The van der Waals surface area contributed by atoms with Gasteiger partial charge in [-0.3, -0.25) is 4.90 Å². The van der Waals surface area contributed by atoms with E-state index in [1.165, 1.54) is 67.7 Å². The Morgan fingerprint density at radius 3 is 2.39 bits per heavy atom. The van der Waals surface area contributed by atoms with Crippen molar-refractivity contribution in [3.8, 4) is 0 Å². The van der Waals surface area contributed by atoms with Gasteiger partial charge in [-0.05, 0) is 49.3 Å². The molecule has 1 unspecified atom stereocenters. The Kier molecular flexibility index (Phi) is 8.57. The minimum atomic E-state index is -5.08. The molecule has 0 amide bonds. The number of aromatic nitrogens is 2. The van der Waals surface area contributed by atoms with Gasteiger partial charge in [0.1, 0.15) is 5.82 Å². The SMILES string of the molecule is CC(C)c1ccc(C2CCCCN2Cc2cn3c(n2)CCCCC3)cc1.O=C(O)C(F)(F)F. The van der Waals surface area contributed by atoms with E-state index in [-0.39, 0.29) is 0 Å². The van der Waals surface area contributed by atoms with Crippen LogP contribution in [-0.4, -0.2) is 38.2 Å². The molecule has 1 aromatic heterocycles. The van der Waals surface area contributed by atoms with E-state index in [0.717, 1.165) is 19.5 Å². The molecular weight excluding hydrogens is 431 g/mol. The molecule has 0 aliphatic carbocycles. The highest BCUT2D eigenvalue weighted by atomic mass is 19.4. The highest BCUT2D eigenvalue weighted by Gasteiger charge is 2.38. The lowest BCUT2D eigenvalue weighted by Gasteiger charge is -2.35. The van der Waals surface area contributed by atoms with E-state index >= 15 is 0 Å². The average molecular weight is 466 g/mol. The molecule has 8 heteroatoms. The molecule has 0 bridgehead atoms. The van der Waals surface area contributed by atoms with Crippen LogP contribution in [0.25, 0.3) is 0 Å². The summed E-state index contributed by atoms with van der Waals surface area (Å²) >= 11 is 0. The van der Waals surface area contributed by atoms with E-state index in [1.54, 1.807) is 0 Å². The first kappa shape index (κ1) is 25.3. The fourth-order valence-electron chi connectivity index (χ4n) is 4.59. The number of alkyl halides is 3. The van der Waals surface area contributed by atoms with Crippen molar-refractivity contribution in [1.82, 2.24) is 14.5 Å². The number of benzene rings is 1. The number of aryl methyl sites for hydroxylation is 2. The molecule has 1 atom stereocenters. The lowest BCUT2D eigenvalue weighted by Crippen LogP contribution is -2.33. The molecule has 4 rings (SSSR count). The van der Waals surface area contributed by atoms with E-state index in [0.29, 0.717) is 12.0 Å². The Bertz CT molecular complexity index is 883. The summed E-state index contributed by atoms with van der Waals surface area (Å²) in [6.07, 6.45) is 6.27. The van der Waals surface area contributed by atoms with E-state index in [4.69, 9.17) is 14.9 Å². The minimum Gasteiger partial charge on any atom is -0.475 e. The van der Waals surface area contributed by atoms with Crippen molar-refractivity contribution >= 4 is 5.97 Å². The van der Waals surface area contributed by atoms with E-state index in [2.05, 4.69) is 53.8 Å². The summed E-state index contributed by atoms with van der Waals surface area (Å²) in [6.45, 7) is 7.88. The van der Waals surface area contributed by atoms with Gasteiger partial charge in [0.05, 0.1) is 5.69 Å². The molecule has 1 N–H and O–H groups in total. The number of halogens is 3. The summed E-state index contributed by atoms with van der Waals surface area (Å²) in [7, 11) is 0. The lowest BCUT2D eigenvalue weighted by atomic mass is 9.93. The fourth-order valence-corrected chi connectivity index (χ4v) is 4.59. The predicted octanol–water partition coefficient (Wildman–Crippen LogP) is 6.09. The van der Waals surface area contributed by atoms with Crippen molar-refractivity contribution in [2.75, 3.05) is 6.54 Å². The molecule has 182 valence electrons. The minimum absolute atomic E-state index is 0.548. The standard InChI is InChI=1S/C23H33N3.C2HF3O2/c1-18(2)19-10-12-20(13-11-19)22-8-5-7-14-25(22)16-21-17-26-15-6-3-4-9-23(26)24-21;3-2(4,5)1(6)7/h10-13,17-18,22H,3-9,14-16H2,1-2H3;(H,6,7). The van der Waals surface area contributed by atoms with Crippen molar-refractivity contribution in [3.63, 3.8) is 0 Å². The van der Waals surface area contributed by atoms with Crippen molar-refractivity contribution in [2.45, 2.75) is 90.0 Å². The second kappa shape index (κ2) is 11.2. The molecule has 2 aromatic rings. The molecule has 2 aliphatic rings. The zero-order valence-corrected chi connectivity index (χ0v) is 19.4. The number of hydrogen-bond donors (Lipinski definition) is 1. The first-order valence-electron chi connectivity index (χ1n) is 11.8. The molecular formula is C25H34F3N3O2. The highest BCUT2D eigenvalue weighted by molar-refractivity contribution is 5.73. The molecule has 0 saturated carbocycles. The molecule has 1 fully saturated rings. The summed E-state index contributed by atoms with van der Waals surface area (Å²) in [5.41, 5.74) is 4.19. The van der Waals surface area contributed by atoms with Gasteiger partial charge in [0.2, 0.25) is 0 Å². The van der Waals surface area contributed by atoms with Crippen LogP contribution < -0.4 is 0 Å². The lowest BCUT2D eigenvalue weighted by molar-refractivity contribution is -0.192. The van der Waals surface area contributed by atoms with Crippen molar-refractivity contribution in [3.05, 3.63) is 53.1 Å². The van der Waals surface area contributed by atoms with Crippen LogP contribution in [0.1, 0.15) is 87.0 Å². The van der Waals surface area contributed by atoms with Gasteiger partial charge in [-0.15, -0.1) is 0 Å². The molecule has 2 aliphatic heterocycles. The number of hydrogen-bond acceptors (Lipinski definition) is 3. The summed E-state index contributed by atoms with van der Waals surface area (Å²) < 4.78 is 34.2. The van der Waals surface area contributed by atoms with Gasteiger partial charge < -0.3 is 9.67 Å². The van der Waals surface area contributed by atoms with Crippen LogP contribution in [0, 0.1) is 0 Å². The number of carboxylic acid groups (broad SMARTS) is 1. The number of likely N-dealkylation sites (tertiary alicyclic amines) is 1. The highest BCUT2D eigenvalue weighted by Crippen LogP contribution is 2.33. The monoisotopic (exact) mass is 465 g/mol. The van der Waals surface area contributed by atoms with Gasteiger partial charge in [0, 0.05) is 31.7 Å². The third kappa shape index (κ3) is 7.06.